The largest absolute Gasteiger partial charge is 0.573 e. The van der Waals surface area contributed by atoms with Crippen molar-refractivity contribution in [2.45, 2.75) is 6.36 Å². The van der Waals surface area contributed by atoms with E-state index < -0.39 is 23.8 Å². The highest BCUT2D eigenvalue weighted by atomic mass is 35.5. The van der Waals surface area contributed by atoms with Gasteiger partial charge in [-0.1, -0.05) is 48.5 Å². The number of rotatable bonds is 5. The average Bonchev–Trinajstić information content (AvgIpc) is 2.91. The molecule has 0 spiro atoms. The Balaban J connectivity index is 1.69. The Kier molecular flexibility index (Phi) is 6.89. The Morgan fingerprint density at radius 1 is 1.03 bits per heavy atom. The molecule has 4 aromatic rings. The predicted molar refractivity (Wildman–Crippen MR) is 138 cm³/mol. The summed E-state index contributed by atoms with van der Waals surface area (Å²) < 4.78 is 64.3. The lowest BCUT2D eigenvalue weighted by atomic mass is 9.98. The van der Waals surface area contributed by atoms with Gasteiger partial charge in [-0.3, -0.25) is 4.79 Å². The summed E-state index contributed by atoms with van der Waals surface area (Å²) in [6.45, 7) is 3.70. The number of hydrogen-bond acceptors (Lipinski definition) is 7. The summed E-state index contributed by atoms with van der Waals surface area (Å²) in [5.74, 6) is -2.31. The molecule has 13 heteroatoms. The van der Waals surface area contributed by atoms with Gasteiger partial charge in [-0.2, -0.15) is 9.97 Å². The average molecular weight is 562 g/mol. The number of amides is 1. The molecule has 2 aromatic carbocycles. The Hall–Kier alpha value is -4.19. The van der Waals surface area contributed by atoms with Gasteiger partial charge in [0.15, 0.2) is 17.4 Å². The Bertz CT molecular complexity index is 1600. The summed E-state index contributed by atoms with van der Waals surface area (Å²) in [7, 11) is 1.28. The quantitative estimate of drug-likeness (QED) is 0.234. The van der Waals surface area contributed by atoms with Crippen molar-refractivity contribution >= 4 is 45.1 Å². The van der Waals surface area contributed by atoms with Crippen LogP contribution in [0.5, 0.6) is 11.8 Å². The van der Waals surface area contributed by atoms with E-state index in [1.165, 1.54) is 18.2 Å². The van der Waals surface area contributed by atoms with Crippen LogP contribution in [0.1, 0.15) is 0 Å². The third-order valence-corrected chi connectivity index (χ3v) is 6.59. The third kappa shape index (κ3) is 5.11. The molecule has 0 unspecified atom stereocenters. The summed E-state index contributed by atoms with van der Waals surface area (Å²) >= 11 is 6.45. The molecule has 0 N–H and O–H groups in total. The number of ether oxygens (including phenoxy) is 2. The fraction of sp³-hybridized carbons (Fsp3) is 0.231. The molecule has 1 fully saturated rings. The molecule has 0 radical (unpaired) electrons. The first kappa shape index (κ1) is 26.4. The zero-order valence-corrected chi connectivity index (χ0v) is 21.2. The van der Waals surface area contributed by atoms with Crippen LogP contribution in [0.3, 0.4) is 0 Å². The van der Waals surface area contributed by atoms with Gasteiger partial charge in [0.25, 0.3) is 5.91 Å². The highest BCUT2D eigenvalue weighted by Gasteiger charge is 2.35. The minimum absolute atomic E-state index is 0.0158. The number of aromatic nitrogens is 3. The van der Waals surface area contributed by atoms with Gasteiger partial charge in [-0.15, -0.1) is 13.2 Å². The van der Waals surface area contributed by atoms with E-state index in [1.807, 2.05) is 0 Å². The highest BCUT2D eigenvalue weighted by Crippen LogP contribution is 2.44. The van der Waals surface area contributed by atoms with Crippen molar-refractivity contribution in [1.29, 1.82) is 0 Å². The van der Waals surface area contributed by atoms with Crippen LogP contribution < -0.4 is 14.4 Å². The molecule has 1 saturated heterocycles. The second-order valence-corrected chi connectivity index (χ2v) is 9.01. The van der Waals surface area contributed by atoms with E-state index in [2.05, 4.69) is 26.3 Å². The van der Waals surface area contributed by atoms with E-state index in [0.29, 0.717) is 21.4 Å². The highest BCUT2D eigenvalue weighted by molar-refractivity contribution is 6.36. The van der Waals surface area contributed by atoms with Crippen molar-refractivity contribution in [2.24, 2.45) is 0 Å². The third-order valence-electron chi connectivity index (χ3n) is 6.27. The molecule has 1 aliphatic heterocycles. The minimum atomic E-state index is -5.06. The fourth-order valence-corrected chi connectivity index (χ4v) is 4.83. The lowest BCUT2D eigenvalue weighted by Gasteiger charge is -2.35. The maximum absolute atomic E-state index is 13.8. The van der Waals surface area contributed by atoms with E-state index >= 15 is 0 Å². The molecule has 1 aliphatic rings. The van der Waals surface area contributed by atoms with Gasteiger partial charge in [0.2, 0.25) is 0 Å². The monoisotopic (exact) mass is 561 g/mol. The molecule has 39 heavy (non-hydrogen) atoms. The molecule has 202 valence electrons. The number of methoxy groups -OCH3 is 1. The first-order valence-electron chi connectivity index (χ1n) is 11.6. The van der Waals surface area contributed by atoms with Gasteiger partial charge >= 0.3 is 12.4 Å². The summed E-state index contributed by atoms with van der Waals surface area (Å²) in [5, 5.41) is 1.57. The smallest absolute Gasteiger partial charge is 0.467 e. The number of carbonyl (C=O) groups excluding carboxylic acids is 1. The second-order valence-electron chi connectivity index (χ2n) is 8.61. The van der Waals surface area contributed by atoms with Gasteiger partial charge < -0.3 is 19.3 Å². The maximum Gasteiger partial charge on any atom is 0.573 e. The fourth-order valence-electron chi connectivity index (χ4n) is 4.55. The van der Waals surface area contributed by atoms with E-state index in [9.17, 15) is 22.4 Å². The standard InChI is InChI=1S/C26H20ClF4N5O3/c1-14(28)24(37)36-11-9-35(10-12-36)23-21-20(33-25(34-23)38-2)22(39-26(29,30)31)17(13-32-21)16-7-3-5-15-6-4-8-18(27)19(15)16/h3-8,13H,1,9-12H2,2H3. The lowest BCUT2D eigenvalue weighted by Crippen LogP contribution is -2.49. The molecular formula is C26H20ClF4N5O3. The zero-order chi connectivity index (χ0) is 27.9. The van der Waals surface area contributed by atoms with Crippen molar-refractivity contribution in [3.8, 4) is 22.9 Å². The summed E-state index contributed by atoms with van der Waals surface area (Å²) in [4.78, 5) is 27.9. The maximum atomic E-state index is 13.8. The number of nitrogens with zero attached hydrogens (tertiary/aromatic N) is 5. The van der Waals surface area contributed by atoms with E-state index in [0.717, 1.165) is 0 Å². The number of benzene rings is 2. The Labute approximate surface area is 224 Å². The van der Waals surface area contributed by atoms with Crippen LogP contribution in [0.4, 0.5) is 23.4 Å². The first-order chi connectivity index (χ1) is 18.6. The lowest BCUT2D eigenvalue weighted by molar-refractivity contribution is -0.273. The zero-order valence-electron chi connectivity index (χ0n) is 20.4. The second kappa shape index (κ2) is 10.2. The van der Waals surface area contributed by atoms with E-state index in [1.54, 1.807) is 41.3 Å². The predicted octanol–water partition coefficient (Wildman–Crippen LogP) is 5.54. The molecular weight excluding hydrogens is 542 g/mol. The van der Waals surface area contributed by atoms with Crippen LogP contribution in [0, 0.1) is 0 Å². The number of piperazine rings is 1. The van der Waals surface area contributed by atoms with Crippen molar-refractivity contribution < 1.29 is 31.8 Å². The number of halogens is 5. The van der Waals surface area contributed by atoms with Gasteiger partial charge in [0.1, 0.15) is 11.0 Å². The van der Waals surface area contributed by atoms with Crippen LogP contribution in [0.25, 0.3) is 32.9 Å². The Morgan fingerprint density at radius 3 is 2.36 bits per heavy atom. The molecule has 0 atom stereocenters. The van der Waals surface area contributed by atoms with Crippen molar-refractivity contribution in [2.75, 3.05) is 38.2 Å². The van der Waals surface area contributed by atoms with Crippen LogP contribution in [-0.4, -0.2) is 65.4 Å². The number of alkyl halides is 3. The molecule has 3 heterocycles. The summed E-state index contributed by atoms with van der Waals surface area (Å²) in [6, 6.07) is 10.0. The molecule has 5 rings (SSSR count). The number of carbonyl (C=O) groups is 1. The van der Waals surface area contributed by atoms with Gasteiger partial charge in [0, 0.05) is 48.3 Å². The first-order valence-corrected chi connectivity index (χ1v) is 12.0. The van der Waals surface area contributed by atoms with Crippen LogP contribution in [-0.2, 0) is 4.79 Å². The van der Waals surface area contributed by atoms with Crippen molar-refractivity contribution in [1.82, 2.24) is 19.9 Å². The molecule has 1 amide bonds. The minimum Gasteiger partial charge on any atom is -0.467 e. The molecule has 0 saturated carbocycles. The molecule has 8 nitrogen and oxygen atoms in total. The molecule has 0 aliphatic carbocycles. The molecule has 2 aromatic heterocycles. The molecule has 0 bridgehead atoms. The van der Waals surface area contributed by atoms with Gasteiger partial charge in [0.05, 0.1) is 7.11 Å². The number of anilines is 1. The van der Waals surface area contributed by atoms with E-state index in [4.69, 9.17) is 16.3 Å². The number of pyridine rings is 1. The topological polar surface area (TPSA) is 80.7 Å². The Morgan fingerprint density at radius 2 is 1.72 bits per heavy atom. The van der Waals surface area contributed by atoms with Crippen molar-refractivity contribution in [3.05, 3.63) is 60.0 Å². The normalized spacial score (nSPS) is 14.1. The van der Waals surface area contributed by atoms with Gasteiger partial charge in [-0.05, 0) is 17.0 Å². The van der Waals surface area contributed by atoms with Crippen LogP contribution in [0.15, 0.2) is 55.0 Å². The number of fused-ring (bicyclic) bond motifs is 2. The number of hydrogen-bond donors (Lipinski definition) is 0. The SMILES string of the molecule is C=C(F)C(=O)N1CCN(c2nc(OC)nc3c(OC(F)(F)F)c(-c4cccc5cccc(Cl)c45)cnc23)CC1. The summed E-state index contributed by atoms with van der Waals surface area (Å²) in [5.41, 5.74) is 0.178. The summed E-state index contributed by atoms with van der Waals surface area (Å²) in [6.07, 6.45) is -3.80. The van der Waals surface area contributed by atoms with Gasteiger partial charge in [-0.25, -0.2) is 9.37 Å². The van der Waals surface area contributed by atoms with Crippen LogP contribution in [0.2, 0.25) is 5.02 Å². The van der Waals surface area contributed by atoms with E-state index in [-0.39, 0.29) is 54.6 Å². The van der Waals surface area contributed by atoms with Crippen molar-refractivity contribution in [3.63, 3.8) is 0 Å². The van der Waals surface area contributed by atoms with Crippen LogP contribution >= 0.6 is 11.6 Å².